The summed E-state index contributed by atoms with van der Waals surface area (Å²) in [5, 5.41) is 0. The molecule has 0 spiro atoms. The van der Waals surface area contributed by atoms with Crippen LogP contribution in [-0.2, 0) is 4.79 Å². The van der Waals surface area contributed by atoms with E-state index in [1.165, 1.54) is 6.92 Å². The molecule has 0 saturated carbocycles. The summed E-state index contributed by atoms with van der Waals surface area (Å²) in [6.45, 7) is 8.52. The maximum Gasteiger partial charge on any atom is 0.131 e. The van der Waals surface area contributed by atoms with Crippen molar-refractivity contribution in [3.63, 3.8) is 0 Å². The zero-order chi connectivity index (χ0) is 8.57. The quantitative estimate of drug-likeness (QED) is 0.641. The Labute approximate surface area is 63.8 Å². The SMILES string of the molecule is CC(=O)CCN.CC(C)C. The molecular formula is C8H19NO. The van der Waals surface area contributed by atoms with Gasteiger partial charge in [0.05, 0.1) is 0 Å². The van der Waals surface area contributed by atoms with Gasteiger partial charge >= 0.3 is 0 Å². The van der Waals surface area contributed by atoms with Crippen LogP contribution in [0, 0.1) is 5.92 Å². The Morgan fingerprint density at radius 2 is 1.70 bits per heavy atom. The van der Waals surface area contributed by atoms with Gasteiger partial charge in [-0.2, -0.15) is 0 Å². The van der Waals surface area contributed by atoms with Crippen molar-refractivity contribution in [2.45, 2.75) is 34.1 Å². The normalized spacial score (nSPS) is 8.60. The third-order valence-electron chi connectivity index (χ3n) is 0.496. The van der Waals surface area contributed by atoms with Gasteiger partial charge in [0.15, 0.2) is 0 Å². The molecule has 0 rings (SSSR count). The molecule has 0 radical (unpaired) electrons. The zero-order valence-electron chi connectivity index (χ0n) is 7.48. The Morgan fingerprint density at radius 1 is 1.40 bits per heavy atom. The summed E-state index contributed by atoms with van der Waals surface area (Å²) in [7, 11) is 0. The molecule has 2 N–H and O–H groups in total. The molecule has 0 aromatic carbocycles. The van der Waals surface area contributed by atoms with E-state index in [4.69, 9.17) is 5.73 Å². The minimum atomic E-state index is 0.164. The van der Waals surface area contributed by atoms with Gasteiger partial charge in [0.2, 0.25) is 0 Å². The van der Waals surface area contributed by atoms with Gasteiger partial charge in [-0.1, -0.05) is 20.8 Å². The third kappa shape index (κ3) is 48.5. The summed E-state index contributed by atoms with van der Waals surface area (Å²) in [6.07, 6.45) is 0.514. The molecule has 0 aliphatic heterocycles. The number of hydrogen-bond acceptors (Lipinski definition) is 2. The fourth-order valence-electron chi connectivity index (χ4n) is 0.203. The van der Waals surface area contributed by atoms with Crippen molar-refractivity contribution < 1.29 is 4.79 Å². The van der Waals surface area contributed by atoms with Crippen LogP contribution in [0.1, 0.15) is 34.1 Å². The number of carbonyl (C=O) groups excluding carboxylic acids is 1. The minimum absolute atomic E-state index is 0.164. The van der Waals surface area contributed by atoms with Crippen molar-refractivity contribution in [3.05, 3.63) is 0 Å². The smallest absolute Gasteiger partial charge is 0.131 e. The monoisotopic (exact) mass is 145 g/mol. The lowest BCUT2D eigenvalue weighted by atomic mass is 10.3. The molecule has 2 nitrogen and oxygen atoms in total. The summed E-state index contributed by atoms with van der Waals surface area (Å²) < 4.78 is 0. The van der Waals surface area contributed by atoms with E-state index in [0.29, 0.717) is 13.0 Å². The van der Waals surface area contributed by atoms with Crippen LogP contribution < -0.4 is 5.73 Å². The topological polar surface area (TPSA) is 43.1 Å². The molecule has 0 aliphatic rings. The van der Waals surface area contributed by atoms with E-state index in [1.807, 2.05) is 0 Å². The first kappa shape index (κ1) is 12.3. The molecule has 0 aromatic rings. The van der Waals surface area contributed by atoms with Gasteiger partial charge in [0.1, 0.15) is 5.78 Å². The number of rotatable bonds is 2. The lowest BCUT2D eigenvalue weighted by Gasteiger charge is -1.81. The second-order valence-electron chi connectivity index (χ2n) is 2.97. The van der Waals surface area contributed by atoms with E-state index in [9.17, 15) is 4.79 Å². The Kier molecular flexibility index (Phi) is 10.6. The van der Waals surface area contributed by atoms with Crippen molar-refractivity contribution in [2.75, 3.05) is 6.54 Å². The largest absolute Gasteiger partial charge is 0.330 e. The first-order valence-electron chi connectivity index (χ1n) is 3.70. The Balaban J connectivity index is 0. The minimum Gasteiger partial charge on any atom is -0.330 e. The highest BCUT2D eigenvalue weighted by Crippen LogP contribution is 1.81. The zero-order valence-corrected chi connectivity index (χ0v) is 7.48. The highest BCUT2D eigenvalue weighted by molar-refractivity contribution is 5.75. The Morgan fingerprint density at radius 3 is 1.70 bits per heavy atom. The number of nitrogens with two attached hydrogens (primary N) is 1. The summed E-state index contributed by atoms with van der Waals surface area (Å²) in [6, 6.07) is 0. The molecule has 62 valence electrons. The fourth-order valence-corrected chi connectivity index (χ4v) is 0.203. The Hall–Kier alpha value is -0.370. The lowest BCUT2D eigenvalue weighted by Crippen LogP contribution is -2.03. The average Bonchev–Trinajstić information content (AvgIpc) is 1.62. The lowest BCUT2D eigenvalue weighted by molar-refractivity contribution is -0.116. The van der Waals surface area contributed by atoms with Gasteiger partial charge in [0.25, 0.3) is 0 Å². The molecular weight excluding hydrogens is 126 g/mol. The van der Waals surface area contributed by atoms with Crippen molar-refractivity contribution in [1.82, 2.24) is 0 Å². The fraction of sp³-hybridized carbons (Fsp3) is 0.875. The first-order chi connectivity index (χ1) is 4.50. The summed E-state index contributed by atoms with van der Waals surface area (Å²) >= 11 is 0. The van der Waals surface area contributed by atoms with Crippen LogP contribution in [0.5, 0.6) is 0 Å². The molecule has 10 heavy (non-hydrogen) atoms. The molecule has 2 heteroatoms. The molecule has 0 bridgehead atoms. The summed E-state index contributed by atoms with van der Waals surface area (Å²) in [5.74, 6) is 0.998. The van der Waals surface area contributed by atoms with Crippen LogP contribution in [0.4, 0.5) is 0 Å². The van der Waals surface area contributed by atoms with Crippen molar-refractivity contribution in [1.29, 1.82) is 0 Å². The maximum absolute atomic E-state index is 9.96. The van der Waals surface area contributed by atoms with Gasteiger partial charge < -0.3 is 5.73 Å². The standard InChI is InChI=1S/C4H9NO.C4H10/c1-4(6)2-3-5;1-4(2)3/h2-3,5H2,1H3;4H,1-3H3. The predicted molar refractivity (Wildman–Crippen MR) is 44.9 cm³/mol. The van der Waals surface area contributed by atoms with E-state index in [0.717, 1.165) is 5.92 Å². The molecule has 0 saturated heterocycles. The molecule has 0 aromatic heterocycles. The second kappa shape index (κ2) is 8.63. The van der Waals surface area contributed by atoms with Crippen LogP contribution in [0.15, 0.2) is 0 Å². The summed E-state index contributed by atoms with van der Waals surface area (Å²) in [5.41, 5.74) is 5.01. The maximum atomic E-state index is 9.96. The van der Waals surface area contributed by atoms with Gasteiger partial charge in [-0.05, 0) is 19.4 Å². The van der Waals surface area contributed by atoms with E-state index < -0.39 is 0 Å². The van der Waals surface area contributed by atoms with Crippen LogP contribution >= 0.6 is 0 Å². The second-order valence-corrected chi connectivity index (χ2v) is 2.97. The molecule has 0 heterocycles. The molecule has 0 amide bonds. The van der Waals surface area contributed by atoms with Gasteiger partial charge in [-0.3, -0.25) is 4.79 Å². The van der Waals surface area contributed by atoms with Gasteiger partial charge in [-0.25, -0.2) is 0 Å². The van der Waals surface area contributed by atoms with Crippen LogP contribution in [0.2, 0.25) is 0 Å². The van der Waals surface area contributed by atoms with Crippen molar-refractivity contribution >= 4 is 5.78 Å². The molecule has 0 aliphatic carbocycles. The van der Waals surface area contributed by atoms with Crippen LogP contribution in [-0.4, -0.2) is 12.3 Å². The Bertz CT molecular complexity index is 76.6. The number of Topliss-reactive ketones (excluding diaryl/α,β-unsaturated/α-hetero) is 1. The van der Waals surface area contributed by atoms with E-state index in [-0.39, 0.29) is 5.78 Å². The molecule has 0 unspecified atom stereocenters. The van der Waals surface area contributed by atoms with Gasteiger partial charge in [0, 0.05) is 6.42 Å². The summed E-state index contributed by atoms with van der Waals surface area (Å²) in [4.78, 5) is 9.96. The number of hydrogen-bond donors (Lipinski definition) is 1. The highest BCUT2D eigenvalue weighted by Gasteiger charge is 1.83. The van der Waals surface area contributed by atoms with Gasteiger partial charge in [-0.15, -0.1) is 0 Å². The number of ketones is 1. The number of carbonyl (C=O) groups is 1. The third-order valence-corrected chi connectivity index (χ3v) is 0.496. The molecule has 0 atom stereocenters. The van der Waals surface area contributed by atoms with Crippen LogP contribution in [0.3, 0.4) is 0 Å². The van der Waals surface area contributed by atoms with Crippen LogP contribution in [0.25, 0.3) is 0 Å². The molecule has 0 fully saturated rings. The first-order valence-corrected chi connectivity index (χ1v) is 3.70. The van der Waals surface area contributed by atoms with E-state index in [1.54, 1.807) is 0 Å². The highest BCUT2D eigenvalue weighted by atomic mass is 16.1. The predicted octanol–water partition coefficient (Wildman–Crippen LogP) is 1.59. The van der Waals surface area contributed by atoms with E-state index >= 15 is 0 Å². The van der Waals surface area contributed by atoms with Crippen molar-refractivity contribution in [3.8, 4) is 0 Å². The average molecular weight is 145 g/mol. The van der Waals surface area contributed by atoms with Crippen molar-refractivity contribution in [2.24, 2.45) is 11.7 Å². The van der Waals surface area contributed by atoms with E-state index in [2.05, 4.69) is 20.8 Å².